The number of ether oxygens (including phenoxy) is 1. The van der Waals surface area contributed by atoms with Crippen molar-refractivity contribution in [3.8, 4) is 0 Å². The summed E-state index contributed by atoms with van der Waals surface area (Å²) in [5, 5.41) is 8.83. The van der Waals surface area contributed by atoms with Gasteiger partial charge in [0.25, 0.3) is 0 Å². The standard InChI is InChI=1S/C11H10ClFO4/c1-2-17-11(16)9(10(14)15)8-6(12)4-3-5-7(8)13/h3-5,9H,2H2,1H3,(H,14,15). The van der Waals surface area contributed by atoms with Crippen molar-refractivity contribution in [1.82, 2.24) is 0 Å². The molecule has 6 heteroatoms. The monoisotopic (exact) mass is 260 g/mol. The van der Waals surface area contributed by atoms with Gasteiger partial charge in [0, 0.05) is 10.6 Å². The average Bonchev–Trinajstić information content (AvgIpc) is 2.23. The van der Waals surface area contributed by atoms with Crippen LogP contribution in [0.1, 0.15) is 18.4 Å². The molecule has 0 bridgehead atoms. The normalized spacial score (nSPS) is 11.9. The van der Waals surface area contributed by atoms with Gasteiger partial charge in [0.05, 0.1) is 6.61 Å². The lowest BCUT2D eigenvalue weighted by atomic mass is 9.99. The molecule has 1 atom stereocenters. The van der Waals surface area contributed by atoms with E-state index < -0.39 is 23.7 Å². The van der Waals surface area contributed by atoms with Gasteiger partial charge in [0.2, 0.25) is 0 Å². The van der Waals surface area contributed by atoms with Crippen LogP contribution in [0, 0.1) is 5.82 Å². The van der Waals surface area contributed by atoms with Gasteiger partial charge in [-0.3, -0.25) is 9.59 Å². The third-order valence-electron chi connectivity index (χ3n) is 2.06. The summed E-state index contributed by atoms with van der Waals surface area (Å²) < 4.78 is 18.1. The van der Waals surface area contributed by atoms with E-state index in [1.165, 1.54) is 19.1 Å². The second kappa shape index (κ2) is 5.63. The van der Waals surface area contributed by atoms with E-state index in [1.807, 2.05) is 0 Å². The second-order valence-corrected chi connectivity index (χ2v) is 3.57. The Labute approximate surface area is 102 Å². The maximum Gasteiger partial charge on any atom is 0.325 e. The molecule has 0 saturated carbocycles. The summed E-state index contributed by atoms with van der Waals surface area (Å²) in [5.74, 6) is -5.14. The number of halogens is 2. The van der Waals surface area contributed by atoms with Crippen molar-refractivity contribution in [1.29, 1.82) is 0 Å². The molecule has 0 saturated heterocycles. The van der Waals surface area contributed by atoms with Gasteiger partial charge in [-0.05, 0) is 19.1 Å². The van der Waals surface area contributed by atoms with E-state index in [0.717, 1.165) is 6.07 Å². The van der Waals surface area contributed by atoms with Crippen LogP contribution in [0.15, 0.2) is 18.2 Å². The highest BCUT2D eigenvalue weighted by molar-refractivity contribution is 6.32. The first kappa shape index (κ1) is 13.4. The highest BCUT2D eigenvalue weighted by atomic mass is 35.5. The van der Waals surface area contributed by atoms with Gasteiger partial charge in [0.15, 0.2) is 5.92 Å². The predicted octanol–water partition coefficient (Wildman–Crippen LogP) is 2.21. The van der Waals surface area contributed by atoms with Crippen LogP contribution in [0.5, 0.6) is 0 Å². The minimum atomic E-state index is -1.75. The first-order chi connectivity index (χ1) is 7.99. The molecule has 0 heterocycles. The Bertz CT molecular complexity index is 427. The van der Waals surface area contributed by atoms with Gasteiger partial charge in [-0.1, -0.05) is 17.7 Å². The molecule has 0 radical (unpaired) electrons. The molecule has 0 aliphatic heterocycles. The number of carbonyl (C=O) groups excluding carboxylic acids is 1. The number of esters is 1. The van der Waals surface area contributed by atoms with Crippen LogP contribution < -0.4 is 0 Å². The van der Waals surface area contributed by atoms with Gasteiger partial charge in [-0.2, -0.15) is 0 Å². The van der Waals surface area contributed by atoms with Crippen molar-refractivity contribution < 1.29 is 23.8 Å². The van der Waals surface area contributed by atoms with Crippen LogP contribution in [-0.2, 0) is 14.3 Å². The van der Waals surface area contributed by atoms with E-state index in [4.69, 9.17) is 16.7 Å². The number of rotatable bonds is 4. The summed E-state index contributed by atoms with van der Waals surface area (Å²) in [6, 6.07) is 3.68. The van der Waals surface area contributed by atoms with Crippen molar-refractivity contribution >= 4 is 23.5 Å². The van der Waals surface area contributed by atoms with E-state index in [-0.39, 0.29) is 17.2 Å². The molecule has 1 N–H and O–H groups in total. The van der Waals surface area contributed by atoms with Crippen molar-refractivity contribution in [2.24, 2.45) is 0 Å². The maximum absolute atomic E-state index is 13.5. The fourth-order valence-electron chi connectivity index (χ4n) is 1.35. The largest absolute Gasteiger partial charge is 0.480 e. The van der Waals surface area contributed by atoms with Crippen LogP contribution in [0.4, 0.5) is 4.39 Å². The zero-order valence-corrected chi connectivity index (χ0v) is 9.70. The van der Waals surface area contributed by atoms with Gasteiger partial charge in [0.1, 0.15) is 5.82 Å². The summed E-state index contributed by atoms with van der Waals surface area (Å²) >= 11 is 5.70. The minimum Gasteiger partial charge on any atom is -0.480 e. The Morgan fingerprint density at radius 1 is 1.53 bits per heavy atom. The third kappa shape index (κ3) is 2.94. The Morgan fingerprint density at radius 3 is 2.65 bits per heavy atom. The van der Waals surface area contributed by atoms with E-state index in [1.54, 1.807) is 0 Å². The SMILES string of the molecule is CCOC(=O)C(C(=O)O)c1c(F)cccc1Cl. The van der Waals surface area contributed by atoms with Crippen LogP contribution >= 0.6 is 11.6 Å². The number of carboxylic acids is 1. The Morgan fingerprint density at radius 2 is 2.18 bits per heavy atom. The first-order valence-corrected chi connectivity index (χ1v) is 5.20. The molecule has 4 nitrogen and oxygen atoms in total. The van der Waals surface area contributed by atoms with Crippen LogP contribution in [-0.4, -0.2) is 23.7 Å². The molecule has 0 spiro atoms. The fourth-order valence-corrected chi connectivity index (χ4v) is 1.63. The van der Waals surface area contributed by atoms with Crippen LogP contribution in [0.3, 0.4) is 0 Å². The zero-order chi connectivity index (χ0) is 13.0. The van der Waals surface area contributed by atoms with Crippen LogP contribution in [0.25, 0.3) is 0 Å². The minimum absolute atomic E-state index is 0.00862. The molecular weight excluding hydrogens is 251 g/mol. The molecule has 0 aliphatic rings. The van der Waals surface area contributed by atoms with Crippen molar-refractivity contribution in [3.63, 3.8) is 0 Å². The van der Waals surface area contributed by atoms with Gasteiger partial charge in [-0.15, -0.1) is 0 Å². The second-order valence-electron chi connectivity index (χ2n) is 3.16. The van der Waals surface area contributed by atoms with Crippen molar-refractivity contribution in [2.45, 2.75) is 12.8 Å². The van der Waals surface area contributed by atoms with E-state index in [9.17, 15) is 14.0 Å². The number of carboxylic acid groups (broad SMARTS) is 1. The molecule has 0 fully saturated rings. The van der Waals surface area contributed by atoms with Crippen LogP contribution in [0.2, 0.25) is 5.02 Å². The molecule has 0 aromatic heterocycles. The summed E-state index contributed by atoms with van der Waals surface area (Å²) in [7, 11) is 0. The van der Waals surface area contributed by atoms with Gasteiger partial charge >= 0.3 is 11.9 Å². The van der Waals surface area contributed by atoms with E-state index in [2.05, 4.69) is 4.74 Å². The molecule has 92 valence electrons. The zero-order valence-electron chi connectivity index (χ0n) is 8.94. The molecule has 1 aromatic rings. The molecule has 0 aliphatic carbocycles. The number of carbonyl (C=O) groups is 2. The van der Waals surface area contributed by atoms with Crippen molar-refractivity contribution in [3.05, 3.63) is 34.6 Å². The highest BCUT2D eigenvalue weighted by Crippen LogP contribution is 2.28. The number of hydrogen-bond donors (Lipinski definition) is 1. The van der Waals surface area contributed by atoms with Gasteiger partial charge in [-0.25, -0.2) is 4.39 Å². The topological polar surface area (TPSA) is 63.6 Å². The lowest BCUT2D eigenvalue weighted by Crippen LogP contribution is -2.25. The quantitative estimate of drug-likeness (QED) is 0.666. The fraction of sp³-hybridized carbons (Fsp3) is 0.273. The third-order valence-corrected chi connectivity index (χ3v) is 2.39. The van der Waals surface area contributed by atoms with E-state index in [0.29, 0.717) is 0 Å². The summed E-state index contributed by atoms with van der Waals surface area (Å²) in [6.45, 7) is 1.54. The number of aliphatic carboxylic acids is 1. The maximum atomic E-state index is 13.5. The molecule has 17 heavy (non-hydrogen) atoms. The smallest absolute Gasteiger partial charge is 0.325 e. The summed E-state index contributed by atoms with van der Waals surface area (Å²) in [6.07, 6.45) is 0. The summed E-state index contributed by atoms with van der Waals surface area (Å²) in [4.78, 5) is 22.5. The van der Waals surface area contributed by atoms with Gasteiger partial charge < -0.3 is 9.84 Å². The lowest BCUT2D eigenvalue weighted by molar-refractivity contribution is -0.153. The predicted molar refractivity (Wildman–Crippen MR) is 58.4 cm³/mol. The molecular formula is C11H10ClFO4. The molecule has 0 amide bonds. The Hall–Kier alpha value is -1.62. The molecule has 1 aromatic carbocycles. The number of hydrogen-bond acceptors (Lipinski definition) is 3. The summed E-state index contributed by atoms with van der Waals surface area (Å²) in [5.41, 5.74) is -0.375. The number of benzene rings is 1. The highest BCUT2D eigenvalue weighted by Gasteiger charge is 2.33. The molecule has 1 rings (SSSR count). The lowest BCUT2D eigenvalue weighted by Gasteiger charge is -2.13. The Kier molecular flexibility index (Phi) is 4.45. The van der Waals surface area contributed by atoms with Crippen molar-refractivity contribution in [2.75, 3.05) is 6.61 Å². The van der Waals surface area contributed by atoms with E-state index >= 15 is 0 Å². The average molecular weight is 261 g/mol. The Balaban J connectivity index is 3.23. The molecule has 1 unspecified atom stereocenters. The first-order valence-electron chi connectivity index (χ1n) is 4.82.